The van der Waals surface area contributed by atoms with Gasteiger partial charge in [-0.05, 0) is 0 Å². The van der Waals surface area contributed by atoms with E-state index in [0.29, 0.717) is 0 Å². The predicted octanol–water partition coefficient (Wildman–Crippen LogP) is 3.57. The Hall–Kier alpha value is -0.131. The maximum Gasteiger partial charge on any atom is 0.181 e. The minimum atomic E-state index is -1.25. The first kappa shape index (κ1) is 29.0. The first-order chi connectivity index (χ1) is 9.61. The van der Waals surface area contributed by atoms with Crippen molar-refractivity contribution in [2.75, 3.05) is 0 Å². The van der Waals surface area contributed by atoms with E-state index < -0.39 is 15.9 Å². The van der Waals surface area contributed by atoms with Crippen molar-refractivity contribution < 1.29 is 29.7 Å². The molecule has 0 heterocycles. The molecule has 0 unspecified atom stereocenters. The van der Waals surface area contributed by atoms with Gasteiger partial charge in [0.15, 0.2) is 15.9 Å². The maximum atomic E-state index is 8.81. The first-order valence-electron chi connectivity index (χ1n) is 5.96. The Morgan fingerprint density at radius 1 is 0.762 bits per heavy atom. The molecule has 0 fully saturated rings. The molecule has 10 heteroatoms. The smallest absolute Gasteiger partial charge is 0.181 e. The van der Waals surface area contributed by atoms with Crippen LogP contribution in [0.2, 0.25) is 4.44 Å². The second-order valence-corrected chi connectivity index (χ2v) is 5.79. The third-order valence-electron chi connectivity index (χ3n) is 1.53. The summed E-state index contributed by atoms with van der Waals surface area (Å²) in [7, 11) is 0. The van der Waals surface area contributed by atoms with Crippen LogP contribution >= 0.6 is 0 Å². The largest absolute Gasteiger partial charge is 0.698 e. The van der Waals surface area contributed by atoms with Crippen LogP contribution < -0.4 is 0 Å². The molecule has 0 aliphatic rings. The van der Waals surface area contributed by atoms with Gasteiger partial charge in [0, 0.05) is 0 Å². The first-order valence-corrected chi connectivity index (χ1v) is 9.20. The van der Waals surface area contributed by atoms with Gasteiger partial charge >= 0.3 is 72.4 Å². The molecular formula is C11H20O6S3Sn. The van der Waals surface area contributed by atoms with Crippen LogP contribution in [-0.4, -0.2) is 53.7 Å². The summed E-state index contributed by atoms with van der Waals surface area (Å²) in [5, 5.41) is 17.9. The zero-order valence-electron chi connectivity index (χ0n) is 11.7. The third-order valence-corrected chi connectivity index (χ3v) is 2.54. The van der Waals surface area contributed by atoms with Gasteiger partial charge in [0.05, 0.1) is 0 Å². The van der Waals surface area contributed by atoms with Crippen LogP contribution in [0.5, 0.6) is 0 Å². The molecule has 122 valence electrons. The second-order valence-electron chi connectivity index (χ2n) is 3.32. The number of carboxylic acid groups (broad SMARTS) is 3. The number of hydrogen-bond acceptors (Lipinski definition) is 6. The average molecular weight is 463 g/mol. The topological polar surface area (TPSA) is 112 Å². The van der Waals surface area contributed by atoms with Gasteiger partial charge in [0.2, 0.25) is 0 Å². The van der Waals surface area contributed by atoms with Gasteiger partial charge in [-0.3, -0.25) is 14.4 Å². The average Bonchev–Trinajstić information content (AvgIpc) is 2.26. The van der Waals surface area contributed by atoms with Crippen LogP contribution in [0.3, 0.4) is 0 Å². The molecule has 3 N–H and O–H groups in total. The fourth-order valence-electron chi connectivity index (χ4n) is 0.905. The Morgan fingerprint density at radius 3 is 1.24 bits per heavy atom. The van der Waals surface area contributed by atoms with Gasteiger partial charge in [-0.2, -0.15) is 0 Å². The Labute approximate surface area is 155 Å². The fraction of sp³-hybridized carbons (Fsp3) is 0.727. The molecule has 0 saturated carbocycles. The van der Waals surface area contributed by atoms with Crippen molar-refractivity contribution in [2.24, 2.45) is 0 Å². The van der Waals surface area contributed by atoms with Crippen molar-refractivity contribution >= 4 is 76.3 Å². The molecular weight excluding hydrogens is 443 g/mol. The van der Waals surface area contributed by atoms with Gasteiger partial charge in [-0.25, -0.2) is 0 Å². The van der Waals surface area contributed by atoms with Gasteiger partial charge in [0.1, 0.15) is 0 Å². The Bertz CT molecular complexity index is 208. The summed E-state index contributed by atoms with van der Waals surface area (Å²) in [5.74, 6) is 0. The van der Waals surface area contributed by atoms with Gasteiger partial charge in [-0.1, -0.05) is 0 Å². The fourth-order valence-corrected chi connectivity index (χ4v) is 1.62. The number of rotatable bonds is 6. The molecule has 0 rings (SSSR count). The summed E-state index contributed by atoms with van der Waals surface area (Å²) in [4.78, 5) is 26.4. The van der Waals surface area contributed by atoms with Crippen LogP contribution in [0, 0.1) is 0 Å². The van der Waals surface area contributed by atoms with Crippen molar-refractivity contribution in [3.05, 3.63) is 0 Å². The summed E-state index contributed by atoms with van der Waals surface area (Å²) >= 11 is 12.3. The van der Waals surface area contributed by atoms with Crippen molar-refractivity contribution in [1.29, 1.82) is 0 Å². The quantitative estimate of drug-likeness (QED) is 0.309. The molecule has 6 nitrogen and oxygen atoms in total. The molecule has 0 bridgehead atoms. The minimum Gasteiger partial charge on any atom is -0.698 e. The molecule has 0 aromatic carbocycles. The Balaban J connectivity index is -0.000000102. The van der Waals surface area contributed by atoms with Gasteiger partial charge < -0.3 is 53.2 Å². The van der Waals surface area contributed by atoms with E-state index in [1.807, 2.05) is 0 Å². The number of hydrogen-bond donors (Lipinski definition) is 3. The molecule has 0 aromatic heterocycles. The van der Waals surface area contributed by atoms with E-state index in [1.165, 1.54) is 43.0 Å². The minimum absolute atomic E-state index is 1.25. The zero-order chi connectivity index (χ0) is 17.7. The van der Waals surface area contributed by atoms with E-state index in [2.05, 4.69) is 44.8 Å². The van der Waals surface area contributed by atoms with Crippen molar-refractivity contribution in [3.8, 4) is 0 Å². The Morgan fingerprint density at radius 2 is 1.00 bits per heavy atom. The summed E-state index contributed by atoms with van der Waals surface area (Å²) in [6, 6.07) is 0. The van der Waals surface area contributed by atoms with E-state index >= 15 is 0 Å². The monoisotopic (exact) mass is 464 g/mol. The molecule has 0 saturated heterocycles. The molecule has 0 aromatic rings. The third kappa shape index (κ3) is 184. The van der Waals surface area contributed by atoms with E-state index in [0.717, 1.165) is 0 Å². The van der Waals surface area contributed by atoms with E-state index in [4.69, 9.17) is 29.7 Å². The molecule has 0 aliphatic carbocycles. The van der Waals surface area contributed by atoms with Crippen LogP contribution in [0.1, 0.15) is 45.4 Å². The number of carbonyl (C=O) groups is 3. The standard InChI is InChI=1S/C8H17.3CH2O2S.Sn/c1-3-5-7-8-6-4-2;3*2-1(3)4;/h1,3-8H2,2H3;3*4H,(H,2,3);/q;;;;+3/p-3. The predicted molar refractivity (Wildman–Crippen MR) is 90.1 cm³/mol. The molecule has 0 amide bonds. The van der Waals surface area contributed by atoms with Crippen LogP contribution in [-0.2, 0) is 37.9 Å². The molecule has 0 radical (unpaired) electrons. The summed E-state index contributed by atoms with van der Waals surface area (Å²) in [6.07, 6.45) is 8.71. The van der Waals surface area contributed by atoms with E-state index in [9.17, 15) is 0 Å². The van der Waals surface area contributed by atoms with Gasteiger partial charge in [-0.15, -0.1) is 0 Å². The summed E-state index contributed by atoms with van der Waals surface area (Å²) < 4.78 is 1.46. The van der Waals surface area contributed by atoms with Crippen LogP contribution in [0.4, 0.5) is 14.4 Å². The maximum absolute atomic E-state index is 8.81. The second kappa shape index (κ2) is 28.1. The van der Waals surface area contributed by atoms with Crippen molar-refractivity contribution in [1.82, 2.24) is 0 Å². The molecule has 21 heavy (non-hydrogen) atoms. The summed E-state index contributed by atoms with van der Waals surface area (Å²) in [6.45, 7) is 2.27. The van der Waals surface area contributed by atoms with Crippen molar-refractivity contribution in [3.63, 3.8) is 0 Å². The Kier molecular flexibility index (Phi) is 38.7. The van der Waals surface area contributed by atoms with E-state index in [-0.39, 0.29) is 0 Å². The number of unbranched alkanes of at least 4 members (excludes halogenated alkanes) is 5. The zero-order valence-corrected chi connectivity index (χ0v) is 17.0. The summed E-state index contributed by atoms with van der Waals surface area (Å²) in [5.41, 5.74) is 0. The molecule has 0 atom stereocenters. The molecule has 0 aliphatic heterocycles. The van der Waals surface area contributed by atoms with E-state index in [1.54, 1.807) is 22.5 Å². The molecule has 0 spiro atoms. The SMILES string of the molecule is CCCCCCC[CH2][Sn+3].O=C(O)[S-].O=C(O)[S-].O=C(O)[S-]. The van der Waals surface area contributed by atoms with Crippen LogP contribution in [0.25, 0.3) is 0 Å². The van der Waals surface area contributed by atoms with Gasteiger partial charge in [0.25, 0.3) is 0 Å². The van der Waals surface area contributed by atoms with Crippen LogP contribution in [0.15, 0.2) is 0 Å². The van der Waals surface area contributed by atoms with Crippen molar-refractivity contribution in [2.45, 2.75) is 49.9 Å². The normalized spacial score (nSPS) is 7.76.